The highest BCUT2D eigenvalue weighted by molar-refractivity contribution is 7.91. The van der Waals surface area contributed by atoms with E-state index < -0.39 is 15.1 Å². The molecule has 21 heavy (non-hydrogen) atoms. The fourth-order valence-corrected chi connectivity index (χ4v) is 4.04. The molecule has 0 saturated carbocycles. The van der Waals surface area contributed by atoms with E-state index >= 15 is 0 Å². The van der Waals surface area contributed by atoms with Gasteiger partial charge in [-0.15, -0.1) is 0 Å². The summed E-state index contributed by atoms with van der Waals surface area (Å²) in [6.45, 7) is 3.32. The Morgan fingerprint density at radius 2 is 1.57 bits per heavy atom. The van der Waals surface area contributed by atoms with Crippen molar-refractivity contribution in [2.45, 2.75) is 30.4 Å². The lowest BCUT2D eigenvalue weighted by atomic mass is 10.1. The summed E-state index contributed by atoms with van der Waals surface area (Å²) in [5, 5.41) is -0.834. The van der Waals surface area contributed by atoms with E-state index in [1.54, 1.807) is 48.5 Å². The number of rotatable bonds is 5. The van der Waals surface area contributed by atoms with E-state index in [2.05, 4.69) is 0 Å². The van der Waals surface area contributed by atoms with Crippen LogP contribution in [0.1, 0.15) is 29.7 Å². The molecule has 0 heterocycles. The van der Waals surface area contributed by atoms with Crippen LogP contribution in [0.15, 0.2) is 59.5 Å². The number of hydrogen-bond donors (Lipinski definition) is 0. The molecule has 0 spiro atoms. The minimum absolute atomic E-state index is 0.0137. The first-order valence-corrected chi connectivity index (χ1v) is 8.31. The molecule has 0 amide bonds. The number of sulfone groups is 1. The number of benzene rings is 2. The molecule has 0 N–H and O–H groups in total. The topological polar surface area (TPSA) is 51.2 Å². The number of carbonyl (C=O) groups excluding carboxylic acids is 1. The summed E-state index contributed by atoms with van der Waals surface area (Å²) in [6, 6.07) is 15.6. The predicted molar refractivity (Wildman–Crippen MR) is 82.8 cm³/mol. The Kier molecular flexibility index (Phi) is 4.58. The van der Waals surface area contributed by atoms with Crippen molar-refractivity contribution in [2.75, 3.05) is 0 Å². The van der Waals surface area contributed by atoms with E-state index in [1.807, 2.05) is 13.0 Å². The van der Waals surface area contributed by atoms with E-state index in [1.165, 1.54) is 6.92 Å². The van der Waals surface area contributed by atoms with Crippen LogP contribution in [-0.2, 0) is 14.6 Å². The van der Waals surface area contributed by atoms with Crippen molar-refractivity contribution in [1.82, 2.24) is 0 Å². The summed E-state index contributed by atoms with van der Waals surface area (Å²) in [4.78, 5) is 11.7. The first-order valence-electron chi connectivity index (χ1n) is 6.76. The molecule has 0 radical (unpaired) electrons. The Labute approximate surface area is 125 Å². The summed E-state index contributed by atoms with van der Waals surface area (Å²) >= 11 is 0. The Bertz CT molecular complexity index is 716. The smallest absolute Gasteiger partial charge is 0.185 e. The van der Waals surface area contributed by atoms with E-state index in [-0.39, 0.29) is 17.1 Å². The minimum Gasteiger partial charge on any atom is -0.300 e. The van der Waals surface area contributed by atoms with Crippen LogP contribution in [0.5, 0.6) is 0 Å². The zero-order chi connectivity index (χ0) is 15.5. The van der Waals surface area contributed by atoms with Gasteiger partial charge in [0.15, 0.2) is 9.84 Å². The van der Waals surface area contributed by atoms with Gasteiger partial charge < -0.3 is 0 Å². The molecule has 0 aliphatic heterocycles. The molecule has 1 atom stereocenters. The second-order valence-corrected chi connectivity index (χ2v) is 7.29. The largest absolute Gasteiger partial charge is 0.300 e. The Hall–Kier alpha value is -1.94. The normalized spacial score (nSPS) is 12.9. The van der Waals surface area contributed by atoms with Gasteiger partial charge in [-0.2, -0.15) is 0 Å². The van der Waals surface area contributed by atoms with Crippen molar-refractivity contribution in [1.29, 1.82) is 0 Å². The van der Waals surface area contributed by atoms with Crippen molar-refractivity contribution < 1.29 is 13.2 Å². The SMILES string of the molecule is CC(=O)C[C@@H](c1ccccc1)S(=O)(=O)c1ccc(C)cc1. The molecule has 0 fully saturated rings. The van der Waals surface area contributed by atoms with E-state index in [9.17, 15) is 13.2 Å². The average molecular weight is 302 g/mol. The van der Waals surface area contributed by atoms with Gasteiger partial charge >= 0.3 is 0 Å². The van der Waals surface area contributed by atoms with Crippen LogP contribution in [0, 0.1) is 6.92 Å². The zero-order valence-corrected chi connectivity index (χ0v) is 12.9. The molecule has 2 rings (SSSR count). The third-order valence-corrected chi connectivity index (χ3v) is 5.49. The van der Waals surface area contributed by atoms with Gasteiger partial charge in [-0.25, -0.2) is 8.42 Å². The minimum atomic E-state index is -3.59. The van der Waals surface area contributed by atoms with Crippen LogP contribution in [-0.4, -0.2) is 14.2 Å². The van der Waals surface area contributed by atoms with Gasteiger partial charge in [0.2, 0.25) is 0 Å². The Morgan fingerprint density at radius 1 is 1.00 bits per heavy atom. The molecule has 0 unspecified atom stereocenters. The number of ketones is 1. The summed E-state index contributed by atoms with van der Waals surface area (Å²) in [7, 11) is -3.59. The third kappa shape index (κ3) is 3.58. The molecule has 0 aromatic heterocycles. The van der Waals surface area contributed by atoms with Gasteiger partial charge in [0.1, 0.15) is 5.78 Å². The molecule has 3 nitrogen and oxygen atoms in total. The van der Waals surface area contributed by atoms with E-state index in [0.29, 0.717) is 5.56 Å². The number of aryl methyl sites for hydroxylation is 1. The maximum absolute atomic E-state index is 12.8. The molecule has 0 saturated heterocycles. The molecule has 4 heteroatoms. The monoisotopic (exact) mass is 302 g/mol. The van der Waals surface area contributed by atoms with Crippen LogP contribution >= 0.6 is 0 Å². The van der Waals surface area contributed by atoms with Gasteiger partial charge in [-0.3, -0.25) is 4.79 Å². The molecular weight excluding hydrogens is 284 g/mol. The van der Waals surface area contributed by atoms with E-state index in [0.717, 1.165) is 5.56 Å². The molecule has 0 aliphatic carbocycles. The summed E-state index contributed by atoms with van der Waals surface area (Å²) < 4.78 is 25.7. The fraction of sp³-hybridized carbons (Fsp3) is 0.235. The van der Waals surface area contributed by atoms with E-state index in [4.69, 9.17) is 0 Å². The van der Waals surface area contributed by atoms with Crippen molar-refractivity contribution in [3.05, 3.63) is 65.7 Å². The standard InChI is InChI=1S/C17H18O3S/c1-13-8-10-16(11-9-13)21(19,20)17(12-14(2)18)15-6-4-3-5-7-15/h3-11,17H,12H2,1-2H3/t17-/m0/s1. The van der Waals surface area contributed by atoms with Gasteiger partial charge in [0.25, 0.3) is 0 Å². The van der Waals surface area contributed by atoms with Crippen LogP contribution in [0.3, 0.4) is 0 Å². The van der Waals surface area contributed by atoms with Gasteiger partial charge in [0, 0.05) is 6.42 Å². The summed E-state index contributed by atoms with van der Waals surface area (Å²) in [5.41, 5.74) is 1.64. The second kappa shape index (κ2) is 6.22. The summed E-state index contributed by atoms with van der Waals surface area (Å²) in [5.74, 6) is -0.139. The molecule has 2 aromatic carbocycles. The van der Waals surface area contributed by atoms with Crippen molar-refractivity contribution in [2.24, 2.45) is 0 Å². The number of Topliss-reactive ketones (excluding diaryl/α,β-unsaturated/α-hetero) is 1. The van der Waals surface area contributed by atoms with Crippen LogP contribution in [0.2, 0.25) is 0 Å². The van der Waals surface area contributed by atoms with Crippen LogP contribution in [0.4, 0.5) is 0 Å². The Balaban J connectivity index is 2.49. The Morgan fingerprint density at radius 3 is 2.10 bits per heavy atom. The predicted octanol–water partition coefficient (Wildman–Crippen LogP) is 3.49. The summed E-state index contributed by atoms with van der Waals surface area (Å²) in [6.07, 6.45) is -0.0137. The van der Waals surface area contributed by atoms with Crippen molar-refractivity contribution in [3.8, 4) is 0 Å². The quantitative estimate of drug-likeness (QED) is 0.849. The van der Waals surface area contributed by atoms with Gasteiger partial charge in [-0.1, -0.05) is 48.0 Å². The van der Waals surface area contributed by atoms with Crippen molar-refractivity contribution >= 4 is 15.6 Å². The first kappa shape index (κ1) is 15.4. The molecule has 110 valence electrons. The molecule has 0 bridgehead atoms. The highest BCUT2D eigenvalue weighted by Gasteiger charge is 2.30. The highest BCUT2D eigenvalue weighted by Crippen LogP contribution is 2.32. The molecule has 0 aliphatic rings. The lowest BCUT2D eigenvalue weighted by Gasteiger charge is -2.17. The van der Waals surface area contributed by atoms with Crippen LogP contribution < -0.4 is 0 Å². The second-order valence-electron chi connectivity index (χ2n) is 5.16. The lowest BCUT2D eigenvalue weighted by Crippen LogP contribution is -2.16. The zero-order valence-electron chi connectivity index (χ0n) is 12.1. The van der Waals surface area contributed by atoms with Gasteiger partial charge in [0.05, 0.1) is 10.1 Å². The number of hydrogen-bond acceptors (Lipinski definition) is 3. The van der Waals surface area contributed by atoms with Crippen LogP contribution in [0.25, 0.3) is 0 Å². The maximum atomic E-state index is 12.8. The highest BCUT2D eigenvalue weighted by atomic mass is 32.2. The molecule has 2 aromatic rings. The van der Waals surface area contributed by atoms with Gasteiger partial charge in [-0.05, 0) is 31.5 Å². The third-order valence-electron chi connectivity index (χ3n) is 3.37. The molecular formula is C17H18O3S. The maximum Gasteiger partial charge on any atom is 0.185 e. The number of carbonyl (C=O) groups is 1. The lowest BCUT2D eigenvalue weighted by molar-refractivity contribution is -0.117. The fourth-order valence-electron chi connectivity index (χ4n) is 2.23. The average Bonchev–Trinajstić information content (AvgIpc) is 2.46. The van der Waals surface area contributed by atoms with Crippen molar-refractivity contribution in [3.63, 3.8) is 0 Å². The first-order chi connectivity index (χ1) is 9.91.